The molecule has 1 aliphatic carbocycles. The minimum absolute atomic E-state index is 0.534. The zero-order chi connectivity index (χ0) is 12.4. The van der Waals surface area contributed by atoms with Crippen LogP contribution in [-0.2, 0) is 13.1 Å². The molecule has 0 radical (unpaired) electrons. The maximum Gasteiger partial charge on any atom is 0.246 e. The zero-order valence-corrected chi connectivity index (χ0v) is 10.5. The molecule has 2 aromatic heterocycles. The first-order chi connectivity index (χ1) is 8.86. The van der Waals surface area contributed by atoms with Crippen LogP contribution in [0.5, 0.6) is 0 Å². The first kappa shape index (κ1) is 11.4. The highest BCUT2D eigenvalue weighted by Gasteiger charge is 2.28. The summed E-state index contributed by atoms with van der Waals surface area (Å²) in [5.74, 6) is 3.04. The lowest BCUT2D eigenvalue weighted by molar-refractivity contribution is 0.364. The van der Waals surface area contributed by atoms with Gasteiger partial charge in [-0.3, -0.25) is 0 Å². The van der Waals surface area contributed by atoms with E-state index in [4.69, 9.17) is 4.52 Å². The minimum atomic E-state index is 0.534. The molecule has 0 atom stereocenters. The van der Waals surface area contributed by atoms with Crippen molar-refractivity contribution in [2.24, 2.45) is 0 Å². The Kier molecular flexibility index (Phi) is 3.10. The molecule has 0 unspecified atom stereocenters. The van der Waals surface area contributed by atoms with E-state index in [1.807, 2.05) is 10.8 Å². The van der Waals surface area contributed by atoms with E-state index < -0.39 is 0 Å². The van der Waals surface area contributed by atoms with E-state index in [1.165, 1.54) is 12.8 Å². The zero-order valence-electron chi connectivity index (χ0n) is 10.5. The molecule has 1 N–H and O–H groups in total. The van der Waals surface area contributed by atoms with E-state index in [-0.39, 0.29) is 0 Å². The van der Waals surface area contributed by atoms with Gasteiger partial charge in [0.05, 0.1) is 6.54 Å². The Morgan fingerprint density at radius 1 is 1.50 bits per heavy atom. The first-order valence-electron chi connectivity index (χ1n) is 6.40. The van der Waals surface area contributed by atoms with Crippen LogP contribution in [0.3, 0.4) is 0 Å². The molecule has 18 heavy (non-hydrogen) atoms. The van der Waals surface area contributed by atoms with Gasteiger partial charge in [0.2, 0.25) is 5.89 Å². The molecule has 1 aliphatic rings. The predicted octanol–water partition coefficient (Wildman–Crippen LogP) is 1.30. The van der Waals surface area contributed by atoms with Gasteiger partial charge in [-0.05, 0) is 19.4 Å². The summed E-state index contributed by atoms with van der Waals surface area (Å²) >= 11 is 0. The van der Waals surface area contributed by atoms with Crippen LogP contribution in [0.4, 0.5) is 0 Å². The molecule has 2 heterocycles. The first-order valence-corrected chi connectivity index (χ1v) is 6.40. The van der Waals surface area contributed by atoms with Gasteiger partial charge in [-0.1, -0.05) is 12.1 Å². The van der Waals surface area contributed by atoms with Crippen molar-refractivity contribution in [1.82, 2.24) is 25.0 Å². The third-order valence-electron chi connectivity index (χ3n) is 3.07. The molecule has 96 valence electrons. The summed E-state index contributed by atoms with van der Waals surface area (Å²) < 4.78 is 7.30. The fraction of sp³-hybridized carbons (Fsp3) is 0.583. The molecular weight excluding hydrogens is 230 g/mol. The van der Waals surface area contributed by atoms with E-state index in [0.29, 0.717) is 18.4 Å². The van der Waals surface area contributed by atoms with Crippen molar-refractivity contribution in [3.63, 3.8) is 0 Å². The van der Waals surface area contributed by atoms with Crippen LogP contribution in [0.2, 0.25) is 0 Å². The minimum Gasteiger partial charge on any atom is -0.337 e. The topological polar surface area (TPSA) is 68.8 Å². The third-order valence-corrected chi connectivity index (χ3v) is 3.07. The van der Waals surface area contributed by atoms with Gasteiger partial charge in [-0.2, -0.15) is 4.98 Å². The van der Waals surface area contributed by atoms with Gasteiger partial charge in [-0.25, -0.2) is 4.98 Å². The number of aromatic nitrogens is 4. The molecule has 0 aromatic carbocycles. The van der Waals surface area contributed by atoms with E-state index in [1.54, 1.807) is 6.20 Å². The highest BCUT2D eigenvalue weighted by atomic mass is 16.5. The highest BCUT2D eigenvalue weighted by Crippen LogP contribution is 2.38. The molecule has 0 aliphatic heterocycles. The Morgan fingerprint density at radius 2 is 2.39 bits per heavy atom. The molecule has 0 amide bonds. The van der Waals surface area contributed by atoms with Crippen LogP contribution in [0.15, 0.2) is 16.9 Å². The molecule has 6 heteroatoms. The van der Waals surface area contributed by atoms with Crippen LogP contribution >= 0.6 is 0 Å². The molecule has 1 fully saturated rings. The van der Waals surface area contributed by atoms with Crippen LogP contribution in [-0.4, -0.2) is 26.2 Å². The summed E-state index contributed by atoms with van der Waals surface area (Å²) in [5, 5.41) is 7.28. The quantitative estimate of drug-likeness (QED) is 0.833. The maximum absolute atomic E-state index is 5.27. The molecule has 0 bridgehead atoms. The van der Waals surface area contributed by atoms with Crippen molar-refractivity contribution in [2.75, 3.05) is 6.54 Å². The number of hydrogen-bond acceptors (Lipinski definition) is 5. The van der Waals surface area contributed by atoms with Crippen LogP contribution < -0.4 is 5.32 Å². The number of imidazole rings is 1. The fourth-order valence-corrected chi connectivity index (χ4v) is 1.87. The average Bonchev–Trinajstić information content (AvgIpc) is 2.97. The summed E-state index contributed by atoms with van der Waals surface area (Å²) in [7, 11) is 0. The summed E-state index contributed by atoms with van der Waals surface area (Å²) in [6.45, 7) is 4.36. The predicted molar refractivity (Wildman–Crippen MR) is 65.0 cm³/mol. The third kappa shape index (κ3) is 2.43. The largest absolute Gasteiger partial charge is 0.337 e. The van der Waals surface area contributed by atoms with Gasteiger partial charge in [0.1, 0.15) is 12.4 Å². The molecule has 1 saturated carbocycles. The fourth-order valence-electron chi connectivity index (χ4n) is 1.87. The Hall–Kier alpha value is -1.69. The number of hydrogen-bond donors (Lipinski definition) is 1. The van der Waals surface area contributed by atoms with Crippen molar-refractivity contribution in [3.05, 3.63) is 29.9 Å². The van der Waals surface area contributed by atoms with E-state index in [2.05, 4.69) is 27.4 Å². The SMILES string of the molecule is CCNCc1nccn1Cc1nc(C2CC2)no1. The normalized spacial score (nSPS) is 15.2. The van der Waals surface area contributed by atoms with Crippen molar-refractivity contribution < 1.29 is 4.52 Å². The van der Waals surface area contributed by atoms with Gasteiger partial charge < -0.3 is 14.4 Å². The second-order valence-corrected chi connectivity index (χ2v) is 4.57. The van der Waals surface area contributed by atoms with E-state index in [0.717, 1.165) is 24.7 Å². The number of nitrogens with zero attached hydrogens (tertiary/aromatic N) is 4. The van der Waals surface area contributed by atoms with Crippen molar-refractivity contribution in [2.45, 2.75) is 38.8 Å². The molecule has 0 saturated heterocycles. The molecule has 0 spiro atoms. The molecule has 6 nitrogen and oxygen atoms in total. The lowest BCUT2D eigenvalue weighted by atomic mass is 10.4. The number of nitrogens with one attached hydrogen (secondary N) is 1. The highest BCUT2D eigenvalue weighted by molar-refractivity contribution is 5.04. The van der Waals surface area contributed by atoms with Crippen LogP contribution in [0.25, 0.3) is 0 Å². The Balaban J connectivity index is 1.68. The standard InChI is InChI=1S/C12H17N5O/c1-2-13-7-10-14-5-6-17(10)8-11-15-12(16-18-11)9-3-4-9/h5-6,9,13H,2-4,7-8H2,1H3. The molecular formula is C12H17N5O. The van der Waals surface area contributed by atoms with Gasteiger partial charge >= 0.3 is 0 Å². The van der Waals surface area contributed by atoms with Gasteiger partial charge in [0.15, 0.2) is 5.82 Å². The van der Waals surface area contributed by atoms with Gasteiger partial charge in [0, 0.05) is 18.3 Å². The lowest BCUT2D eigenvalue weighted by Gasteiger charge is -2.04. The average molecular weight is 247 g/mol. The van der Waals surface area contributed by atoms with Crippen LogP contribution in [0.1, 0.15) is 43.2 Å². The van der Waals surface area contributed by atoms with E-state index in [9.17, 15) is 0 Å². The summed E-state index contributed by atoms with van der Waals surface area (Å²) in [4.78, 5) is 8.74. The maximum atomic E-state index is 5.27. The Morgan fingerprint density at radius 3 is 3.17 bits per heavy atom. The smallest absolute Gasteiger partial charge is 0.246 e. The van der Waals surface area contributed by atoms with Crippen molar-refractivity contribution in [1.29, 1.82) is 0 Å². The summed E-state index contributed by atoms with van der Waals surface area (Å²) in [6, 6.07) is 0. The second-order valence-electron chi connectivity index (χ2n) is 4.57. The summed E-state index contributed by atoms with van der Waals surface area (Å²) in [5.41, 5.74) is 0. The van der Waals surface area contributed by atoms with Crippen LogP contribution in [0, 0.1) is 0 Å². The lowest BCUT2D eigenvalue weighted by Crippen LogP contribution is -2.16. The van der Waals surface area contributed by atoms with E-state index >= 15 is 0 Å². The van der Waals surface area contributed by atoms with Gasteiger partial charge in [-0.15, -0.1) is 0 Å². The van der Waals surface area contributed by atoms with Gasteiger partial charge in [0.25, 0.3) is 0 Å². The summed E-state index contributed by atoms with van der Waals surface area (Å²) in [6.07, 6.45) is 6.12. The molecule has 3 rings (SSSR count). The van der Waals surface area contributed by atoms with Crippen molar-refractivity contribution >= 4 is 0 Å². The molecule has 2 aromatic rings. The Bertz CT molecular complexity index is 514. The Labute approximate surface area is 105 Å². The number of rotatable bonds is 6. The van der Waals surface area contributed by atoms with Crippen molar-refractivity contribution in [3.8, 4) is 0 Å². The second kappa shape index (κ2) is 4.89. The monoisotopic (exact) mass is 247 g/mol.